The molecule has 1 aliphatic heterocycles. The Morgan fingerprint density at radius 3 is 2.38 bits per heavy atom. The van der Waals surface area contributed by atoms with Crippen LogP contribution in [0.2, 0.25) is 0 Å². The number of carbonyl (C=O) groups excluding carboxylic acids is 1. The Balaban J connectivity index is 2.41. The van der Waals surface area contributed by atoms with Crippen LogP contribution in [0.1, 0.15) is 11.1 Å². The third-order valence-corrected chi connectivity index (χ3v) is 4.00. The van der Waals surface area contributed by atoms with E-state index in [4.69, 9.17) is 25.8 Å². The average Bonchev–Trinajstić information content (AvgIpc) is 2.74. The molecule has 6 heteroatoms. The van der Waals surface area contributed by atoms with Crippen molar-refractivity contribution in [3.63, 3.8) is 0 Å². The van der Waals surface area contributed by atoms with Gasteiger partial charge in [0, 0.05) is 18.7 Å². The van der Waals surface area contributed by atoms with E-state index in [2.05, 4.69) is 0 Å². The third kappa shape index (κ3) is 3.02. The second kappa shape index (κ2) is 6.89. The number of nitrogens with zero attached hydrogens (tertiary/aromatic N) is 1. The zero-order valence-corrected chi connectivity index (χ0v) is 13.3. The molecule has 0 saturated heterocycles. The maximum Gasteiger partial charge on any atom is 0.237 e. The first-order valence-corrected chi connectivity index (χ1v) is 7.34. The Morgan fingerprint density at radius 2 is 1.81 bits per heavy atom. The lowest BCUT2D eigenvalue weighted by molar-refractivity contribution is -0.128. The molecule has 0 spiro atoms. The van der Waals surface area contributed by atoms with E-state index in [-0.39, 0.29) is 11.8 Å². The minimum atomic E-state index is -0.0395. The maximum absolute atomic E-state index is 11.8. The van der Waals surface area contributed by atoms with E-state index in [0.717, 1.165) is 17.5 Å². The number of rotatable bonds is 4. The maximum atomic E-state index is 11.8. The molecule has 0 radical (unpaired) electrons. The zero-order chi connectivity index (χ0) is 15.4. The molecule has 1 heterocycles. The number of hydrogen-bond donors (Lipinski definition) is 0. The molecule has 0 N–H and O–H groups in total. The van der Waals surface area contributed by atoms with Crippen LogP contribution < -0.4 is 14.2 Å². The van der Waals surface area contributed by atoms with E-state index < -0.39 is 0 Å². The molecule has 2 rings (SSSR count). The van der Waals surface area contributed by atoms with Crippen molar-refractivity contribution >= 4 is 17.5 Å². The average molecular weight is 314 g/mol. The molecular formula is C15H20ClNO4. The van der Waals surface area contributed by atoms with Crippen LogP contribution in [0.15, 0.2) is 6.07 Å². The molecule has 5 nitrogen and oxygen atoms in total. The molecule has 116 valence electrons. The highest BCUT2D eigenvalue weighted by molar-refractivity contribution is 6.27. The minimum Gasteiger partial charge on any atom is -0.493 e. The van der Waals surface area contributed by atoms with Gasteiger partial charge in [-0.05, 0) is 24.5 Å². The second-order valence-electron chi connectivity index (χ2n) is 4.80. The van der Waals surface area contributed by atoms with Gasteiger partial charge in [-0.1, -0.05) is 0 Å². The van der Waals surface area contributed by atoms with Crippen molar-refractivity contribution in [3.8, 4) is 17.2 Å². The first-order valence-electron chi connectivity index (χ1n) is 6.80. The van der Waals surface area contributed by atoms with Crippen LogP contribution in [-0.4, -0.2) is 51.1 Å². The van der Waals surface area contributed by atoms with Crippen LogP contribution in [0.25, 0.3) is 0 Å². The molecular weight excluding hydrogens is 294 g/mol. The van der Waals surface area contributed by atoms with Crippen molar-refractivity contribution in [2.75, 3.05) is 40.3 Å². The lowest BCUT2D eigenvalue weighted by Gasteiger charge is -2.18. The van der Waals surface area contributed by atoms with Gasteiger partial charge in [0.1, 0.15) is 5.88 Å². The number of hydrogen-bond acceptors (Lipinski definition) is 4. The summed E-state index contributed by atoms with van der Waals surface area (Å²) in [5.41, 5.74) is 2.19. The number of amides is 1. The Hall–Kier alpha value is -1.62. The summed E-state index contributed by atoms with van der Waals surface area (Å²) in [5, 5.41) is 0. The van der Waals surface area contributed by atoms with E-state index in [0.29, 0.717) is 36.8 Å². The van der Waals surface area contributed by atoms with Gasteiger partial charge in [-0.25, -0.2) is 0 Å². The molecule has 0 aliphatic carbocycles. The summed E-state index contributed by atoms with van der Waals surface area (Å²) < 4.78 is 16.3. The van der Waals surface area contributed by atoms with Gasteiger partial charge in [0.2, 0.25) is 11.7 Å². The van der Waals surface area contributed by atoms with Crippen molar-refractivity contribution in [2.24, 2.45) is 0 Å². The molecule has 0 unspecified atom stereocenters. The molecule has 0 bridgehead atoms. The van der Waals surface area contributed by atoms with Crippen LogP contribution in [0, 0.1) is 0 Å². The third-order valence-electron chi connectivity index (χ3n) is 3.78. The van der Waals surface area contributed by atoms with E-state index in [1.165, 1.54) is 0 Å². The predicted octanol–water partition coefficient (Wildman–Crippen LogP) is 1.88. The standard InChI is InChI=1S/C15H20ClNO4/c1-19-12-8-10-4-6-17(13(18)9-16)7-5-11(10)14(20-2)15(12)21-3/h8H,4-7,9H2,1-3H3. The lowest BCUT2D eigenvalue weighted by Crippen LogP contribution is -2.34. The van der Waals surface area contributed by atoms with Crippen molar-refractivity contribution in [1.82, 2.24) is 4.90 Å². The Morgan fingerprint density at radius 1 is 1.14 bits per heavy atom. The first kappa shape index (κ1) is 15.8. The number of fused-ring (bicyclic) bond motifs is 1. The smallest absolute Gasteiger partial charge is 0.237 e. The van der Waals surface area contributed by atoms with E-state index in [9.17, 15) is 4.79 Å². The molecule has 0 saturated carbocycles. The number of ether oxygens (including phenoxy) is 3. The normalized spacial score (nSPS) is 14.2. The number of benzene rings is 1. The van der Waals surface area contributed by atoms with Gasteiger partial charge in [0.25, 0.3) is 0 Å². The highest BCUT2D eigenvalue weighted by atomic mass is 35.5. The van der Waals surface area contributed by atoms with Crippen molar-refractivity contribution in [3.05, 3.63) is 17.2 Å². The number of methoxy groups -OCH3 is 3. The Labute approximate surface area is 129 Å². The van der Waals surface area contributed by atoms with Crippen molar-refractivity contribution < 1.29 is 19.0 Å². The fourth-order valence-corrected chi connectivity index (χ4v) is 2.88. The largest absolute Gasteiger partial charge is 0.493 e. The Bertz CT molecular complexity index is 533. The molecule has 0 atom stereocenters. The summed E-state index contributed by atoms with van der Waals surface area (Å²) in [5.74, 6) is 1.90. The number of halogens is 1. The van der Waals surface area contributed by atoms with E-state index >= 15 is 0 Å². The topological polar surface area (TPSA) is 48.0 Å². The van der Waals surface area contributed by atoms with Crippen LogP contribution in [0.3, 0.4) is 0 Å². The predicted molar refractivity (Wildman–Crippen MR) is 80.8 cm³/mol. The van der Waals surface area contributed by atoms with Gasteiger partial charge in [-0.3, -0.25) is 4.79 Å². The number of alkyl halides is 1. The van der Waals surface area contributed by atoms with E-state index in [1.807, 2.05) is 6.07 Å². The summed E-state index contributed by atoms with van der Waals surface area (Å²) in [4.78, 5) is 13.6. The summed E-state index contributed by atoms with van der Waals surface area (Å²) in [6.45, 7) is 1.28. The summed E-state index contributed by atoms with van der Waals surface area (Å²) in [6, 6.07) is 1.96. The van der Waals surface area contributed by atoms with Gasteiger partial charge in [0.05, 0.1) is 21.3 Å². The van der Waals surface area contributed by atoms with Gasteiger partial charge < -0.3 is 19.1 Å². The van der Waals surface area contributed by atoms with Crippen LogP contribution >= 0.6 is 11.6 Å². The van der Waals surface area contributed by atoms with Gasteiger partial charge >= 0.3 is 0 Å². The summed E-state index contributed by atoms with van der Waals surface area (Å²) in [6.07, 6.45) is 1.45. The molecule has 1 aromatic rings. The minimum absolute atomic E-state index is 0.0140. The summed E-state index contributed by atoms with van der Waals surface area (Å²) >= 11 is 5.65. The Kier molecular flexibility index (Phi) is 5.17. The lowest BCUT2D eigenvalue weighted by atomic mass is 10.0. The molecule has 0 aromatic heterocycles. The van der Waals surface area contributed by atoms with Gasteiger partial charge in [-0.2, -0.15) is 0 Å². The zero-order valence-electron chi connectivity index (χ0n) is 12.6. The highest BCUT2D eigenvalue weighted by Gasteiger charge is 2.25. The number of carbonyl (C=O) groups is 1. The van der Waals surface area contributed by atoms with Crippen LogP contribution in [-0.2, 0) is 17.6 Å². The van der Waals surface area contributed by atoms with Gasteiger partial charge in [-0.15, -0.1) is 11.6 Å². The quantitative estimate of drug-likeness (QED) is 0.796. The molecule has 1 amide bonds. The fraction of sp³-hybridized carbons (Fsp3) is 0.533. The molecule has 0 fully saturated rings. The van der Waals surface area contributed by atoms with Crippen LogP contribution in [0.4, 0.5) is 0 Å². The fourth-order valence-electron chi connectivity index (χ4n) is 2.71. The van der Waals surface area contributed by atoms with Crippen LogP contribution in [0.5, 0.6) is 17.2 Å². The molecule has 21 heavy (non-hydrogen) atoms. The first-order chi connectivity index (χ1) is 10.2. The molecule has 1 aliphatic rings. The van der Waals surface area contributed by atoms with Crippen molar-refractivity contribution in [2.45, 2.75) is 12.8 Å². The SMILES string of the molecule is COc1cc2c(c(OC)c1OC)CCN(C(=O)CCl)CC2. The van der Waals surface area contributed by atoms with E-state index in [1.54, 1.807) is 26.2 Å². The highest BCUT2D eigenvalue weighted by Crippen LogP contribution is 2.43. The monoisotopic (exact) mass is 313 g/mol. The second-order valence-corrected chi connectivity index (χ2v) is 5.06. The van der Waals surface area contributed by atoms with Gasteiger partial charge in [0.15, 0.2) is 11.5 Å². The summed E-state index contributed by atoms with van der Waals surface area (Å²) in [7, 11) is 4.81. The molecule has 1 aromatic carbocycles. The van der Waals surface area contributed by atoms with Crippen molar-refractivity contribution in [1.29, 1.82) is 0 Å².